The summed E-state index contributed by atoms with van der Waals surface area (Å²) in [6, 6.07) is 3.43. The Morgan fingerprint density at radius 3 is 2.68 bits per heavy atom. The van der Waals surface area contributed by atoms with Crippen molar-refractivity contribution in [1.29, 1.82) is 0 Å². The van der Waals surface area contributed by atoms with Crippen LogP contribution >= 0.6 is 0 Å². The molecule has 2 aromatic rings. The zero-order chi connectivity index (χ0) is 16.2. The van der Waals surface area contributed by atoms with Gasteiger partial charge in [-0.3, -0.25) is 0 Å². The van der Waals surface area contributed by atoms with Crippen molar-refractivity contribution in [2.45, 2.75) is 26.1 Å². The fourth-order valence-corrected chi connectivity index (χ4v) is 1.92. The molecule has 1 aromatic carbocycles. The number of aryl methyl sites for hydroxylation is 1. The molecule has 120 valence electrons. The third kappa shape index (κ3) is 3.93. The second-order valence-electron chi connectivity index (χ2n) is 4.87. The van der Waals surface area contributed by atoms with Gasteiger partial charge in [0, 0.05) is 19.4 Å². The predicted molar refractivity (Wildman–Crippen MR) is 77.8 cm³/mol. The Kier molecular flexibility index (Phi) is 4.95. The lowest BCUT2D eigenvalue weighted by molar-refractivity contribution is -0.137. The van der Waals surface area contributed by atoms with E-state index in [0.29, 0.717) is 24.6 Å². The van der Waals surface area contributed by atoms with Crippen LogP contribution in [0.1, 0.15) is 24.7 Å². The van der Waals surface area contributed by atoms with Crippen molar-refractivity contribution in [2.24, 2.45) is 7.05 Å². The zero-order valence-electron chi connectivity index (χ0n) is 12.4. The molecule has 0 aliphatic heterocycles. The highest BCUT2D eigenvalue weighted by molar-refractivity contribution is 5.58. The van der Waals surface area contributed by atoms with Gasteiger partial charge in [0.25, 0.3) is 0 Å². The first-order valence-corrected chi connectivity index (χ1v) is 6.96. The van der Waals surface area contributed by atoms with Crippen LogP contribution < -0.4 is 10.1 Å². The van der Waals surface area contributed by atoms with E-state index in [4.69, 9.17) is 4.74 Å². The Bertz CT molecular complexity index is 623. The van der Waals surface area contributed by atoms with Crippen LogP contribution in [-0.2, 0) is 19.8 Å². The molecule has 22 heavy (non-hydrogen) atoms. The molecule has 0 radical (unpaired) electrons. The summed E-state index contributed by atoms with van der Waals surface area (Å²) >= 11 is 0. The van der Waals surface area contributed by atoms with E-state index in [9.17, 15) is 13.2 Å². The van der Waals surface area contributed by atoms with Crippen LogP contribution in [0.5, 0.6) is 5.75 Å². The molecule has 0 atom stereocenters. The predicted octanol–water partition coefficient (Wildman–Crippen LogP) is 3.84. The highest BCUT2D eigenvalue weighted by Gasteiger charge is 2.31. The second-order valence-corrected chi connectivity index (χ2v) is 4.87. The highest BCUT2D eigenvalue weighted by Crippen LogP contribution is 2.35. The number of alkyl halides is 3. The van der Waals surface area contributed by atoms with Gasteiger partial charge >= 0.3 is 6.18 Å². The fraction of sp³-hybridized carbons (Fsp3) is 0.400. The average molecular weight is 313 g/mol. The van der Waals surface area contributed by atoms with Gasteiger partial charge in [-0.1, -0.05) is 6.92 Å². The van der Waals surface area contributed by atoms with E-state index in [-0.39, 0.29) is 0 Å². The Hall–Kier alpha value is -2.18. The maximum atomic E-state index is 12.8. The van der Waals surface area contributed by atoms with E-state index in [2.05, 4.69) is 10.3 Å². The molecule has 1 heterocycles. The summed E-state index contributed by atoms with van der Waals surface area (Å²) in [5.41, 5.74) is -0.398. The van der Waals surface area contributed by atoms with E-state index < -0.39 is 11.7 Å². The van der Waals surface area contributed by atoms with Gasteiger partial charge in [-0.2, -0.15) is 13.2 Å². The van der Waals surface area contributed by atoms with Crippen molar-refractivity contribution in [2.75, 3.05) is 11.9 Å². The summed E-state index contributed by atoms with van der Waals surface area (Å²) < 4.78 is 45.8. The molecule has 0 aliphatic rings. The maximum absolute atomic E-state index is 12.8. The van der Waals surface area contributed by atoms with Crippen molar-refractivity contribution >= 4 is 5.69 Å². The minimum absolute atomic E-state index is 0.311. The van der Waals surface area contributed by atoms with Crippen LogP contribution in [0.3, 0.4) is 0 Å². The Morgan fingerprint density at radius 2 is 2.09 bits per heavy atom. The molecule has 0 amide bonds. The summed E-state index contributed by atoms with van der Waals surface area (Å²) in [5.74, 6) is 1.13. The SMILES string of the molecule is CCCOc1ccc(C(F)(F)F)cc1NCc1nccn1C. The van der Waals surface area contributed by atoms with E-state index in [1.54, 1.807) is 17.0 Å². The average Bonchev–Trinajstić information content (AvgIpc) is 2.87. The van der Waals surface area contributed by atoms with Gasteiger partial charge in [-0.15, -0.1) is 0 Å². The lowest BCUT2D eigenvalue weighted by Gasteiger charge is -2.15. The number of hydrogen-bond donors (Lipinski definition) is 1. The third-order valence-electron chi connectivity index (χ3n) is 3.13. The number of benzene rings is 1. The van der Waals surface area contributed by atoms with Gasteiger partial charge in [-0.05, 0) is 24.6 Å². The third-order valence-corrected chi connectivity index (χ3v) is 3.13. The van der Waals surface area contributed by atoms with Gasteiger partial charge in [0.15, 0.2) is 0 Å². The van der Waals surface area contributed by atoms with Crippen molar-refractivity contribution < 1.29 is 17.9 Å². The molecule has 0 bridgehead atoms. The minimum Gasteiger partial charge on any atom is -0.491 e. The van der Waals surface area contributed by atoms with Gasteiger partial charge in [0.05, 0.1) is 24.4 Å². The molecule has 0 fully saturated rings. The molecule has 1 N–H and O–H groups in total. The number of nitrogens with one attached hydrogen (secondary N) is 1. The Balaban J connectivity index is 2.22. The van der Waals surface area contributed by atoms with Crippen molar-refractivity contribution in [3.8, 4) is 5.75 Å². The van der Waals surface area contributed by atoms with Crippen LogP contribution in [0.4, 0.5) is 18.9 Å². The number of nitrogens with zero attached hydrogens (tertiary/aromatic N) is 2. The normalized spacial score (nSPS) is 11.5. The van der Waals surface area contributed by atoms with Crippen LogP contribution in [0.2, 0.25) is 0 Å². The second kappa shape index (κ2) is 6.72. The number of aromatic nitrogens is 2. The van der Waals surface area contributed by atoms with Crippen molar-refractivity contribution in [1.82, 2.24) is 9.55 Å². The number of imidazole rings is 1. The van der Waals surface area contributed by atoms with Crippen molar-refractivity contribution in [3.63, 3.8) is 0 Å². The topological polar surface area (TPSA) is 39.1 Å². The lowest BCUT2D eigenvalue weighted by atomic mass is 10.1. The minimum atomic E-state index is -4.39. The summed E-state index contributed by atoms with van der Waals surface area (Å²) in [5, 5.41) is 2.97. The molecule has 1 aromatic heterocycles. The maximum Gasteiger partial charge on any atom is 0.416 e. The molecule has 7 heteroatoms. The molecule has 4 nitrogen and oxygen atoms in total. The first kappa shape index (κ1) is 16.2. The largest absolute Gasteiger partial charge is 0.491 e. The molecule has 0 unspecified atom stereocenters. The molecule has 0 saturated heterocycles. The van der Waals surface area contributed by atoms with Gasteiger partial charge < -0.3 is 14.6 Å². The summed E-state index contributed by atoms with van der Waals surface area (Å²) in [6.07, 6.45) is -0.196. The number of anilines is 1. The smallest absolute Gasteiger partial charge is 0.416 e. The number of halogens is 3. The van der Waals surface area contributed by atoms with Crippen LogP contribution in [-0.4, -0.2) is 16.2 Å². The van der Waals surface area contributed by atoms with Gasteiger partial charge in [-0.25, -0.2) is 4.98 Å². The van der Waals surface area contributed by atoms with Crippen molar-refractivity contribution in [3.05, 3.63) is 42.0 Å². The highest BCUT2D eigenvalue weighted by atomic mass is 19.4. The summed E-state index contributed by atoms with van der Waals surface area (Å²) in [7, 11) is 1.82. The van der Waals surface area contributed by atoms with E-state index in [1.807, 2.05) is 14.0 Å². The summed E-state index contributed by atoms with van der Waals surface area (Å²) in [4.78, 5) is 4.13. The number of ether oxygens (including phenoxy) is 1. The molecule has 2 rings (SSSR count). The molecular formula is C15H18F3N3O. The van der Waals surface area contributed by atoms with E-state index in [0.717, 1.165) is 24.4 Å². The summed E-state index contributed by atoms with van der Waals surface area (Å²) in [6.45, 7) is 2.70. The monoisotopic (exact) mass is 313 g/mol. The lowest BCUT2D eigenvalue weighted by Crippen LogP contribution is -2.10. The Morgan fingerprint density at radius 1 is 1.32 bits per heavy atom. The van der Waals surface area contributed by atoms with Crippen LogP contribution in [0.15, 0.2) is 30.6 Å². The van der Waals surface area contributed by atoms with Crippen LogP contribution in [0, 0.1) is 0 Å². The Labute approximate surface area is 126 Å². The molecule has 0 aliphatic carbocycles. The number of rotatable bonds is 6. The number of hydrogen-bond acceptors (Lipinski definition) is 3. The van der Waals surface area contributed by atoms with Gasteiger partial charge in [0.1, 0.15) is 11.6 Å². The quantitative estimate of drug-likeness (QED) is 0.880. The fourth-order valence-electron chi connectivity index (χ4n) is 1.92. The zero-order valence-corrected chi connectivity index (χ0v) is 12.4. The molecule has 0 saturated carbocycles. The molecule has 0 spiro atoms. The van der Waals surface area contributed by atoms with Gasteiger partial charge in [0.2, 0.25) is 0 Å². The first-order chi connectivity index (χ1) is 10.4. The molecular weight excluding hydrogens is 295 g/mol. The van der Waals surface area contributed by atoms with E-state index >= 15 is 0 Å². The van der Waals surface area contributed by atoms with Crippen LogP contribution in [0.25, 0.3) is 0 Å². The van der Waals surface area contributed by atoms with E-state index in [1.165, 1.54) is 6.07 Å². The standard InChI is InChI=1S/C15H18F3N3O/c1-3-8-22-13-5-4-11(15(16,17)18)9-12(13)20-10-14-19-6-7-21(14)2/h4-7,9,20H,3,8,10H2,1-2H3. The first-order valence-electron chi connectivity index (χ1n) is 6.96.